The maximum atomic E-state index is 13.1. The molecule has 0 saturated carbocycles. The van der Waals surface area contributed by atoms with E-state index in [1.54, 1.807) is 25.2 Å². The summed E-state index contributed by atoms with van der Waals surface area (Å²) in [5.74, 6) is -2.18. The van der Waals surface area contributed by atoms with Crippen LogP contribution in [-0.2, 0) is 33.3 Å². The Balaban J connectivity index is 1.21. The topological polar surface area (TPSA) is 162 Å². The molecule has 1 fully saturated rings. The van der Waals surface area contributed by atoms with Crippen LogP contribution in [0.2, 0.25) is 0 Å². The fourth-order valence-electron chi connectivity index (χ4n) is 4.31. The maximum absolute atomic E-state index is 13.1. The molecule has 1 saturated heterocycles. The van der Waals surface area contributed by atoms with Gasteiger partial charge in [-0.25, -0.2) is 4.79 Å². The molecule has 0 aliphatic carbocycles. The van der Waals surface area contributed by atoms with Crippen LogP contribution in [0, 0.1) is 0 Å². The van der Waals surface area contributed by atoms with Crippen molar-refractivity contribution in [2.24, 2.45) is 0 Å². The number of nitrogens with one attached hydrogen (secondary N) is 2. The quantitative estimate of drug-likeness (QED) is 0.195. The highest BCUT2D eigenvalue weighted by molar-refractivity contribution is 6.25. The second-order valence-corrected chi connectivity index (χ2v) is 11.0. The molecule has 2 heterocycles. The number of carbonyl (C=O) groups excluding carboxylic acids is 5. The van der Waals surface area contributed by atoms with Gasteiger partial charge in [0.25, 0.3) is 11.8 Å². The predicted octanol–water partition coefficient (Wildman–Crippen LogP) is 1.43. The van der Waals surface area contributed by atoms with Crippen molar-refractivity contribution in [3.05, 3.63) is 29.3 Å². The third kappa shape index (κ3) is 10.3. The molecule has 14 heteroatoms. The first kappa shape index (κ1) is 33.9. The van der Waals surface area contributed by atoms with Crippen LogP contribution < -0.4 is 10.6 Å². The second kappa shape index (κ2) is 16.3. The van der Waals surface area contributed by atoms with Crippen LogP contribution in [0.25, 0.3) is 0 Å². The Bertz CT molecular complexity index is 1150. The summed E-state index contributed by atoms with van der Waals surface area (Å²) in [6, 6.07) is 3.89. The molecule has 1 aromatic rings. The molecule has 1 unspecified atom stereocenters. The van der Waals surface area contributed by atoms with Gasteiger partial charge in [0.05, 0.1) is 64.0 Å². The van der Waals surface area contributed by atoms with Gasteiger partial charge in [-0.05, 0) is 39.3 Å². The molecular weight excluding hydrogens is 564 g/mol. The first-order chi connectivity index (χ1) is 20.5. The van der Waals surface area contributed by atoms with E-state index in [4.69, 9.17) is 23.7 Å². The van der Waals surface area contributed by atoms with Crippen LogP contribution in [0.4, 0.5) is 10.5 Å². The number of piperidine rings is 1. The standard InChI is InChI=1S/C29H42N4O10/c1-29(2,3)43-28(38)32(4)11-13-40-15-17-42-19-18-41-16-14-39-12-10-30-21-7-5-6-20-24(21)27(37)33(26(20)36)22-8-9-23(34)31-25(22)35/h5-7,22,30H,8-19H2,1-4H3,(H,31,34,35). The summed E-state index contributed by atoms with van der Waals surface area (Å²) in [4.78, 5) is 64.0. The Labute approximate surface area is 251 Å². The van der Waals surface area contributed by atoms with E-state index in [0.717, 1.165) is 4.90 Å². The van der Waals surface area contributed by atoms with Gasteiger partial charge in [-0.1, -0.05) is 6.07 Å². The summed E-state index contributed by atoms with van der Waals surface area (Å²) < 4.78 is 27.3. The largest absolute Gasteiger partial charge is 0.444 e. The van der Waals surface area contributed by atoms with Crippen molar-refractivity contribution in [1.29, 1.82) is 0 Å². The molecule has 3 rings (SSSR count). The summed E-state index contributed by atoms with van der Waals surface area (Å²) in [6.07, 6.45) is -0.222. The summed E-state index contributed by atoms with van der Waals surface area (Å²) in [5.41, 5.74) is 0.363. The summed E-state index contributed by atoms with van der Waals surface area (Å²) in [7, 11) is 1.66. The van der Waals surface area contributed by atoms with Gasteiger partial charge in [-0.15, -0.1) is 0 Å². The zero-order chi connectivity index (χ0) is 31.4. The van der Waals surface area contributed by atoms with Crippen molar-refractivity contribution in [2.75, 3.05) is 78.3 Å². The minimum Gasteiger partial charge on any atom is -0.444 e. The number of amides is 5. The molecule has 14 nitrogen and oxygen atoms in total. The molecule has 0 radical (unpaired) electrons. The van der Waals surface area contributed by atoms with Gasteiger partial charge in [0.15, 0.2) is 0 Å². The number of rotatable bonds is 17. The highest BCUT2D eigenvalue weighted by Gasteiger charge is 2.45. The van der Waals surface area contributed by atoms with Crippen LogP contribution in [0.5, 0.6) is 0 Å². The van der Waals surface area contributed by atoms with E-state index in [1.165, 1.54) is 4.90 Å². The molecule has 5 amide bonds. The van der Waals surface area contributed by atoms with Gasteiger partial charge >= 0.3 is 6.09 Å². The fourth-order valence-corrected chi connectivity index (χ4v) is 4.31. The van der Waals surface area contributed by atoms with Gasteiger partial charge in [-0.3, -0.25) is 29.4 Å². The van der Waals surface area contributed by atoms with E-state index < -0.39 is 41.4 Å². The maximum Gasteiger partial charge on any atom is 0.410 e. The molecule has 2 aliphatic heterocycles. The number of hydrogen-bond donors (Lipinski definition) is 2. The molecule has 2 N–H and O–H groups in total. The van der Waals surface area contributed by atoms with Crippen LogP contribution in [-0.4, -0.2) is 124 Å². The molecule has 0 bridgehead atoms. The van der Waals surface area contributed by atoms with Crippen LogP contribution in [0.3, 0.4) is 0 Å². The monoisotopic (exact) mass is 606 g/mol. The Morgan fingerprint density at radius 1 is 0.930 bits per heavy atom. The number of benzene rings is 1. The number of ether oxygens (including phenoxy) is 5. The number of likely N-dealkylation sites (N-methyl/N-ethyl adjacent to an activating group) is 1. The summed E-state index contributed by atoms with van der Waals surface area (Å²) in [5, 5.41) is 5.31. The Kier molecular flexibility index (Phi) is 12.9. The molecule has 1 atom stereocenters. The van der Waals surface area contributed by atoms with E-state index in [-0.39, 0.29) is 24.0 Å². The molecular formula is C29H42N4O10. The zero-order valence-electron chi connectivity index (χ0n) is 25.3. The van der Waals surface area contributed by atoms with Crippen LogP contribution in [0.1, 0.15) is 54.3 Å². The highest BCUT2D eigenvalue weighted by atomic mass is 16.6. The Morgan fingerprint density at radius 3 is 2.14 bits per heavy atom. The minimum atomic E-state index is -1.01. The van der Waals surface area contributed by atoms with Crippen molar-refractivity contribution in [3.8, 4) is 0 Å². The third-order valence-corrected chi connectivity index (χ3v) is 6.42. The van der Waals surface area contributed by atoms with Gasteiger partial charge < -0.3 is 33.9 Å². The second-order valence-electron chi connectivity index (χ2n) is 11.0. The smallest absolute Gasteiger partial charge is 0.410 e. The molecule has 43 heavy (non-hydrogen) atoms. The first-order valence-corrected chi connectivity index (χ1v) is 14.3. The lowest BCUT2D eigenvalue weighted by Crippen LogP contribution is -2.54. The van der Waals surface area contributed by atoms with Crippen molar-refractivity contribution in [2.45, 2.75) is 45.3 Å². The lowest BCUT2D eigenvalue weighted by atomic mass is 10.0. The third-order valence-electron chi connectivity index (χ3n) is 6.42. The predicted molar refractivity (Wildman–Crippen MR) is 154 cm³/mol. The van der Waals surface area contributed by atoms with Crippen molar-refractivity contribution in [3.63, 3.8) is 0 Å². The SMILES string of the molecule is CN(CCOCCOCCOCCOCCNc1cccc2c1C(=O)N(C1CCC(=O)NC1=O)C2=O)C(=O)OC(C)(C)C. The number of nitrogens with zero attached hydrogens (tertiary/aromatic N) is 2. The summed E-state index contributed by atoms with van der Waals surface area (Å²) >= 11 is 0. The van der Waals surface area contributed by atoms with Gasteiger partial charge in [-0.2, -0.15) is 0 Å². The molecule has 1 aromatic carbocycles. The van der Waals surface area contributed by atoms with Crippen molar-refractivity contribution in [1.82, 2.24) is 15.1 Å². The molecule has 0 spiro atoms. The summed E-state index contributed by atoms with van der Waals surface area (Å²) in [6.45, 7) is 9.33. The average molecular weight is 607 g/mol. The van der Waals surface area contributed by atoms with E-state index in [9.17, 15) is 24.0 Å². The van der Waals surface area contributed by atoms with Gasteiger partial charge in [0, 0.05) is 32.2 Å². The number of imide groups is 2. The highest BCUT2D eigenvalue weighted by Crippen LogP contribution is 2.32. The van der Waals surface area contributed by atoms with Crippen molar-refractivity contribution >= 4 is 35.4 Å². The normalized spacial score (nSPS) is 16.7. The lowest BCUT2D eigenvalue weighted by molar-refractivity contribution is -0.136. The van der Waals surface area contributed by atoms with E-state index in [1.807, 2.05) is 20.8 Å². The van der Waals surface area contributed by atoms with Crippen LogP contribution >= 0.6 is 0 Å². The first-order valence-electron chi connectivity index (χ1n) is 14.3. The number of hydrogen-bond acceptors (Lipinski definition) is 11. The number of anilines is 1. The Hall–Kier alpha value is -3.59. The Morgan fingerprint density at radius 2 is 1.53 bits per heavy atom. The minimum absolute atomic E-state index is 0.0655. The number of fused-ring (bicyclic) bond motifs is 1. The molecule has 2 aliphatic rings. The van der Waals surface area contributed by atoms with E-state index in [0.29, 0.717) is 71.6 Å². The lowest BCUT2D eigenvalue weighted by Gasteiger charge is -2.27. The van der Waals surface area contributed by atoms with Crippen molar-refractivity contribution < 1.29 is 47.7 Å². The number of carbonyl (C=O) groups is 5. The van der Waals surface area contributed by atoms with Gasteiger partial charge in [0.1, 0.15) is 11.6 Å². The average Bonchev–Trinajstić information content (AvgIpc) is 3.19. The molecule has 238 valence electrons. The van der Waals surface area contributed by atoms with E-state index >= 15 is 0 Å². The molecule has 0 aromatic heterocycles. The van der Waals surface area contributed by atoms with E-state index in [2.05, 4.69) is 10.6 Å². The fraction of sp³-hybridized carbons (Fsp3) is 0.621. The zero-order valence-corrected chi connectivity index (χ0v) is 25.3. The van der Waals surface area contributed by atoms with Crippen LogP contribution in [0.15, 0.2) is 18.2 Å². The van der Waals surface area contributed by atoms with Gasteiger partial charge in [0.2, 0.25) is 11.8 Å².